The average molecular weight is 563 g/mol. The first-order chi connectivity index (χ1) is 20.5. The molecule has 42 heavy (non-hydrogen) atoms. The van der Waals surface area contributed by atoms with Gasteiger partial charge in [-0.25, -0.2) is 4.79 Å². The van der Waals surface area contributed by atoms with E-state index < -0.39 is 5.97 Å². The Bertz CT molecular complexity index is 1800. The van der Waals surface area contributed by atoms with Gasteiger partial charge < -0.3 is 28.9 Å². The summed E-state index contributed by atoms with van der Waals surface area (Å²) in [6.45, 7) is 2.50. The van der Waals surface area contributed by atoms with E-state index in [0.717, 1.165) is 23.3 Å². The number of carbonyl (C=O) groups excluding carboxylic acids is 1. The number of carboxylic acids is 1. The maximum absolute atomic E-state index is 13.0. The zero-order chi connectivity index (χ0) is 29.1. The van der Waals surface area contributed by atoms with E-state index in [2.05, 4.69) is 5.32 Å². The van der Waals surface area contributed by atoms with Crippen LogP contribution in [0.25, 0.3) is 22.7 Å². The van der Waals surface area contributed by atoms with E-state index in [1.54, 1.807) is 10.8 Å². The molecule has 212 valence electrons. The Hall–Kier alpha value is -5.24. The number of benzene rings is 3. The SMILES string of the molecule is CCCCC(=O)Nc1c(C(=O)O)n(Cc2cccc(Oc3ccccc3)c2)c2cccc(C3=Cc4ccoc4CO3)c12. The van der Waals surface area contributed by atoms with Crippen LogP contribution in [0.15, 0.2) is 89.5 Å². The number of nitrogens with zero attached hydrogens (tertiary/aromatic N) is 1. The molecule has 0 saturated carbocycles. The number of hydrogen-bond acceptors (Lipinski definition) is 5. The lowest BCUT2D eigenvalue weighted by Crippen LogP contribution is -2.16. The summed E-state index contributed by atoms with van der Waals surface area (Å²) < 4.78 is 19.3. The third-order valence-corrected chi connectivity index (χ3v) is 7.22. The van der Waals surface area contributed by atoms with Gasteiger partial charge in [0.05, 0.1) is 17.5 Å². The van der Waals surface area contributed by atoms with Crippen LogP contribution in [0.1, 0.15) is 59.1 Å². The van der Waals surface area contributed by atoms with Crippen LogP contribution in [-0.4, -0.2) is 21.6 Å². The van der Waals surface area contributed by atoms with Gasteiger partial charge in [-0.15, -0.1) is 0 Å². The van der Waals surface area contributed by atoms with Gasteiger partial charge >= 0.3 is 5.97 Å². The fourth-order valence-electron chi connectivity index (χ4n) is 5.25. The molecule has 0 bridgehead atoms. The number of ether oxygens (including phenoxy) is 2. The van der Waals surface area contributed by atoms with E-state index in [0.29, 0.717) is 46.6 Å². The molecule has 0 radical (unpaired) electrons. The molecule has 3 heterocycles. The number of carboxylic acid groups (broad SMARTS) is 1. The van der Waals surface area contributed by atoms with Crippen LogP contribution in [-0.2, 0) is 22.7 Å². The van der Waals surface area contributed by atoms with Crippen molar-refractivity contribution in [3.63, 3.8) is 0 Å². The molecule has 0 spiro atoms. The third kappa shape index (κ3) is 5.39. The van der Waals surface area contributed by atoms with E-state index in [-0.39, 0.29) is 30.4 Å². The second-order valence-corrected chi connectivity index (χ2v) is 10.1. The fraction of sp³-hybridized carbons (Fsp3) is 0.176. The van der Waals surface area contributed by atoms with Crippen LogP contribution in [0.5, 0.6) is 11.5 Å². The number of anilines is 1. The largest absolute Gasteiger partial charge is 0.485 e. The van der Waals surface area contributed by atoms with E-state index >= 15 is 0 Å². The molecule has 3 aromatic carbocycles. The summed E-state index contributed by atoms with van der Waals surface area (Å²) in [6.07, 6.45) is 5.33. The first-order valence-electron chi connectivity index (χ1n) is 13.9. The molecule has 1 aliphatic rings. The number of furan rings is 1. The number of nitrogens with one attached hydrogen (secondary N) is 1. The molecule has 1 aliphatic heterocycles. The van der Waals surface area contributed by atoms with Gasteiger partial charge in [-0.05, 0) is 54.5 Å². The predicted molar refractivity (Wildman–Crippen MR) is 160 cm³/mol. The molecular formula is C34H30N2O6. The number of unbranched alkanes of at least 4 members (excludes halogenated alkanes) is 1. The fourth-order valence-corrected chi connectivity index (χ4v) is 5.25. The molecule has 0 aliphatic carbocycles. The van der Waals surface area contributed by atoms with E-state index in [1.807, 2.05) is 91.9 Å². The summed E-state index contributed by atoms with van der Waals surface area (Å²) >= 11 is 0. The minimum Gasteiger partial charge on any atom is -0.485 e. The lowest BCUT2D eigenvalue weighted by Gasteiger charge is -2.16. The van der Waals surface area contributed by atoms with Gasteiger partial charge in [0.2, 0.25) is 5.91 Å². The zero-order valence-corrected chi connectivity index (χ0v) is 23.1. The highest BCUT2D eigenvalue weighted by Crippen LogP contribution is 2.40. The van der Waals surface area contributed by atoms with Crippen molar-refractivity contribution in [3.8, 4) is 11.5 Å². The number of aromatic carboxylic acids is 1. The normalized spacial score (nSPS) is 12.4. The van der Waals surface area contributed by atoms with Crippen molar-refractivity contribution in [1.82, 2.24) is 4.57 Å². The topological polar surface area (TPSA) is 103 Å². The molecule has 6 rings (SSSR count). The minimum absolute atomic E-state index is 0.00270. The Morgan fingerprint density at radius 3 is 2.62 bits per heavy atom. The monoisotopic (exact) mass is 562 g/mol. The summed E-state index contributed by atoms with van der Waals surface area (Å²) in [7, 11) is 0. The number of carbonyl (C=O) groups is 2. The summed E-state index contributed by atoms with van der Waals surface area (Å²) in [5, 5.41) is 14.1. The Kier molecular flexibility index (Phi) is 7.51. The minimum atomic E-state index is -1.14. The summed E-state index contributed by atoms with van der Waals surface area (Å²) in [5.74, 6) is 1.26. The van der Waals surface area contributed by atoms with Gasteiger partial charge in [0, 0.05) is 29.5 Å². The van der Waals surface area contributed by atoms with Crippen molar-refractivity contribution in [3.05, 3.63) is 113 Å². The van der Waals surface area contributed by atoms with Gasteiger partial charge in [-0.2, -0.15) is 0 Å². The van der Waals surface area contributed by atoms with Crippen molar-refractivity contribution in [2.75, 3.05) is 5.32 Å². The predicted octanol–water partition coefficient (Wildman–Crippen LogP) is 7.93. The van der Waals surface area contributed by atoms with Gasteiger partial charge in [0.25, 0.3) is 0 Å². The number of para-hydroxylation sites is 1. The van der Waals surface area contributed by atoms with Gasteiger partial charge in [-0.3, -0.25) is 4.79 Å². The smallest absolute Gasteiger partial charge is 0.354 e. The molecule has 0 fully saturated rings. The Morgan fingerprint density at radius 2 is 1.81 bits per heavy atom. The molecule has 2 N–H and O–H groups in total. The maximum Gasteiger partial charge on any atom is 0.354 e. The molecule has 8 nitrogen and oxygen atoms in total. The lowest BCUT2D eigenvalue weighted by atomic mass is 10.0. The Balaban J connectivity index is 1.48. The number of hydrogen-bond donors (Lipinski definition) is 2. The van der Waals surface area contributed by atoms with Crippen molar-refractivity contribution in [1.29, 1.82) is 0 Å². The van der Waals surface area contributed by atoms with Gasteiger partial charge in [-0.1, -0.05) is 55.8 Å². The van der Waals surface area contributed by atoms with Crippen molar-refractivity contribution < 1.29 is 28.6 Å². The Morgan fingerprint density at radius 1 is 1.00 bits per heavy atom. The van der Waals surface area contributed by atoms with Crippen molar-refractivity contribution in [2.45, 2.75) is 39.3 Å². The van der Waals surface area contributed by atoms with Gasteiger partial charge in [0.1, 0.15) is 29.6 Å². The summed E-state index contributed by atoms with van der Waals surface area (Å²) in [5.41, 5.74) is 3.34. The molecule has 0 unspecified atom stereocenters. The number of amides is 1. The molecule has 2 aromatic heterocycles. The quantitative estimate of drug-likeness (QED) is 0.179. The van der Waals surface area contributed by atoms with E-state index in [4.69, 9.17) is 13.9 Å². The van der Waals surface area contributed by atoms with Crippen LogP contribution < -0.4 is 10.1 Å². The second kappa shape index (κ2) is 11.7. The molecule has 0 saturated heterocycles. The maximum atomic E-state index is 13.0. The average Bonchev–Trinajstić information content (AvgIpc) is 3.59. The third-order valence-electron chi connectivity index (χ3n) is 7.22. The van der Waals surface area contributed by atoms with Crippen molar-refractivity contribution >= 4 is 40.3 Å². The lowest BCUT2D eigenvalue weighted by molar-refractivity contribution is -0.116. The molecule has 5 aromatic rings. The Labute approximate surface area is 242 Å². The van der Waals surface area contributed by atoms with Crippen LogP contribution >= 0.6 is 0 Å². The standard InChI is InChI=1S/C34H30N2O6/c1-2-3-15-30(37)35-32-31-26(28-19-23-16-17-40-29(23)21-41-28)13-8-14-27(31)36(33(32)34(38)39)20-22-9-7-12-25(18-22)42-24-10-5-4-6-11-24/h4-14,16-19H,2-3,15,20-21H2,1H3,(H,35,37)(H,38,39). The summed E-state index contributed by atoms with van der Waals surface area (Å²) in [4.78, 5) is 25.9. The second-order valence-electron chi connectivity index (χ2n) is 10.1. The molecule has 8 heteroatoms. The van der Waals surface area contributed by atoms with Crippen LogP contribution in [0.2, 0.25) is 0 Å². The van der Waals surface area contributed by atoms with Crippen LogP contribution in [0.3, 0.4) is 0 Å². The number of fused-ring (bicyclic) bond motifs is 2. The van der Waals surface area contributed by atoms with Crippen LogP contribution in [0, 0.1) is 0 Å². The van der Waals surface area contributed by atoms with Crippen LogP contribution in [0.4, 0.5) is 5.69 Å². The number of rotatable bonds is 10. The highest BCUT2D eigenvalue weighted by atomic mass is 16.5. The summed E-state index contributed by atoms with van der Waals surface area (Å²) in [6, 6.07) is 24.5. The molecule has 0 atom stereocenters. The molecular weight excluding hydrogens is 532 g/mol. The first-order valence-corrected chi connectivity index (χ1v) is 13.9. The van der Waals surface area contributed by atoms with E-state index in [9.17, 15) is 14.7 Å². The molecule has 1 amide bonds. The van der Waals surface area contributed by atoms with E-state index in [1.165, 1.54) is 0 Å². The zero-order valence-electron chi connectivity index (χ0n) is 23.1. The first kappa shape index (κ1) is 27.0. The van der Waals surface area contributed by atoms with Crippen molar-refractivity contribution in [2.24, 2.45) is 0 Å². The number of aromatic nitrogens is 1. The van der Waals surface area contributed by atoms with Gasteiger partial charge in [0.15, 0.2) is 5.69 Å². The highest BCUT2D eigenvalue weighted by Gasteiger charge is 2.28. The highest BCUT2D eigenvalue weighted by molar-refractivity contribution is 6.14.